The number of hydrogen-bond acceptors (Lipinski definition) is 2. The van der Waals surface area contributed by atoms with E-state index in [-0.39, 0.29) is 5.82 Å². The predicted octanol–water partition coefficient (Wildman–Crippen LogP) is 3.31. The van der Waals surface area contributed by atoms with Crippen LogP contribution in [-0.4, -0.2) is 36.5 Å². The molecule has 2 nitrogen and oxygen atoms in total. The van der Waals surface area contributed by atoms with Gasteiger partial charge in [-0.3, -0.25) is 4.90 Å². The zero-order chi connectivity index (χ0) is 14.7. The second-order valence-corrected chi connectivity index (χ2v) is 5.79. The van der Waals surface area contributed by atoms with Crippen LogP contribution in [0.1, 0.15) is 17.2 Å². The summed E-state index contributed by atoms with van der Waals surface area (Å²) in [5.74, 6) is -0.155. The van der Waals surface area contributed by atoms with E-state index < -0.39 is 0 Å². The molecular formula is C18H21FN2. The molecule has 1 fully saturated rings. The summed E-state index contributed by atoms with van der Waals surface area (Å²) in [4.78, 5) is 4.81. The number of piperazine rings is 1. The first-order valence-electron chi connectivity index (χ1n) is 7.44. The predicted molar refractivity (Wildman–Crippen MR) is 83.5 cm³/mol. The van der Waals surface area contributed by atoms with Gasteiger partial charge in [0, 0.05) is 32.2 Å². The fraction of sp³-hybridized carbons (Fsp3) is 0.333. The SMILES string of the molecule is CN1CCN(Cc2cccc(F)c2)C(c2ccccc2)C1. The van der Waals surface area contributed by atoms with Crippen molar-refractivity contribution >= 4 is 0 Å². The van der Waals surface area contributed by atoms with Gasteiger partial charge in [-0.05, 0) is 30.3 Å². The first-order valence-corrected chi connectivity index (χ1v) is 7.44. The Morgan fingerprint density at radius 2 is 1.86 bits per heavy atom. The molecule has 3 heteroatoms. The van der Waals surface area contributed by atoms with Crippen molar-refractivity contribution in [2.45, 2.75) is 12.6 Å². The Balaban J connectivity index is 1.81. The first kappa shape index (κ1) is 14.2. The van der Waals surface area contributed by atoms with E-state index in [0.717, 1.165) is 31.7 Å². The van der Waals surface area contributed by atoms with Crippen molar-refractivity contribution in [1.29, 1.82) is 0 Å². The molecule has 0 bridgehead atoms. The maximum atomic E-state index is 13.4. The summed E-state index contributed by atoms with van der Waals surface area (Å²) in [6.07, 6.45) is 0. The van der Waals surface area contributed by atoms with Gasteiger partial charge in [-0.15, -0.1) is 0 Å². The number of likely N-dealkylation sites (N-methyl/N-ethyl adjacent to an activating group) is 1. The van der Waals surface area contributed by atoms with Crippen molar-refractivity contribution in [1.82, 2.24) is 9.80 Å². The molecule has 0 amide bonds. The van der Waals surface area contributed by atoms with Gasteiger partial charge in [0.2, 0.25) is 0 Å². The standard InChI is InChI=1S/C18H21FN2/c1-20-10-11-21(13-15-6-5-9-17(19)12-15)18(14-20)16-7-3-2-4-8-16/h2-9,12,18H,10-11,13-14H2,1H3. The van der Waals surface area contributed by atoms with Crippen LogP contribution in [0.25, 0.3) is 0 Å². The molecule has 0 saturated carbocycles. The van der Waals surface area contributed by atoms with E-state index in [0.29, 0.717) is 6.04 Å². The summed E-state index contributed by atoms with van der Waals surface area (Å²) >= 11 is 0. The molecule has 110 valence electrons. The fourth-order valence-corrected chi connectivity index (χ4v) is 3.01. The maximum Gasteiger partial charge on any atom is 0.123 e. The molecule has 2 aromatic rings. The topological polar surface area (TPSA) is 6.48 Å². The average Bonchev–Trinajstić information content (AvgIpc) is 2.50. The number of benzene rings is 2. The number of rotatable bonds is 3. The van der Waals surface area contributed by atoms with E-state index in [1.807, 2.05) is 12.1 Å². The molecule has 1 atom stereocenters. The van der Waals surface area contributed by atoms with Crippen LogP contribution in [0.2, 0.25) is 0 Å². The molecule has 21 heavy (non-hydrogen) atoms. The lowest BCUT2D eigenvalue weighted by Gasteiger charge is -2.40. The highest BCUT2D eigenvalue weighted by atomic mass is 19.1. The summed E-state index contributed by atoms with van der Waals surface area (Å²) in [6.45, 7) is 3.87. The molecule has 1 aliphatic heterocycles. The molecule has 1 aliphatic rings. The van der Waals surface area contributed by atoms with Gasteiger partial charge < -0.3 is 4.90 Å². The minimum absolute atomic E-state index is 0.155. The van der Waals surface area contributed by atoms with Crippen LogP contribution in [-0.2, 0) is 6.54 Å². The van der Waals surface area contributed by atoms with Crippen LogP contribution in [0.5, 0.6) is 0 Å². The molecule has 1 heterocycles. The third-order valence-electron chi connectivity index (χ3n) is 4.15. The lowest BCUT2D eigenvalue weighted by molar-refractivity contribution is 0.0833. The van der Waals surface area contributed by atoms with Crippen LogP contribution < -0.4 is 0 Å². The smallest absolute Gasteiger partial charge is 0.123 e. The third-order valence-corrected chi connectivity index (χ3v) is 4.15. The Morgan fingerprint density at radius 3 is 2.62 bits per heavy atom. The van der Waals surface area contributed by atoms with Gasteiger partial charge in [-0.1, -0.05) is 42.5 Å². The van der Waals surface area contributed by atoms with E-state index in [1.54, 1.807) is 12.1 Å². The lowest BCUT2D eigenvalue weighted by Crippen LogP contribution is -2.46. The third kappa shape index (κ3) is 3.49. The maximum absolute atomic E-state index is 13.4. The summed E-state index contributed by atoms with van der Waals surface area (Å²) in [6, 6.07) is 17.9. The Hall–Kier alpha value is -1.71. The largest absolute Gasteiger partial charge is 0.303 e. The second kappa shape index (κ2) is 6.37. The van der Waals surface area contributed by atoms with E-state index in [1.165, 1.54) is 11.6 Å². The van der Waals surface area contributed by atoms with Crippen molar-refractivity contribution in [2.75, 3.05) is 26.7 Å². The van der Waals surface area contributed by atoms with Gasteiger partial charge in [0.25, 0.3) is 0 Å². The Morgan fingerprint density at radius 1 is 1.05 bits per heavy atom. The van der Waals surface area contributed by atoms with Gasteiger partial charge in [0.15, 0.2) is 0 Å². The van der Waals surface area contributed by atoms with Crippen molar-refractivity contribution in [3.63, 3.8) is 0 Å². The Labute approximate surface area is 125 Å². The first-order chi connectivity index (χ1) is 10.2. The highest BCUT2D eigenvalue weighted by Gasteiger charge is 2.26. The molecule has 0 N–H and O–H groups in total. The fourth-order valence-electron chi connectivity index (χ4n) is 3.01. The minimum atomic E-state index is -0.155. The minimum Gasteiger partial charge on any atom is -0.303 e. The monoisotopic (exact) mass is 284 g/mol. The zero-order valence-electron chi connectivity index (χ0n) is 12.4. The molecule has 0 aliphatic carbocycles. The molecule has 1 unspecified atom stereocenters. The molecule has 0 aromatic heterocycles. The Kier molecular flexibility index (Phi) is 4.32. The van der Waals surface area contributed by atoms with Gasteiger partial charge in [-0.25, -0.2) is 4.39 Å². The molecule has 0 spiro atoms. The Bertz CT molecular complexity index is 585. The van der Waals surface area contributed by atoms with Crippen LogP contribution >= 0.6 is 0 Å². The van der Waals surface area contributed by atoms with Gasteiger partial charge >= 0.3 is 0 Å². The van der Waals surface area contributed by atoms with Crippen molar-refractivity contribution < 1.29 is 4.39 Å². The van der Waals surface area contributed by atoms with Gasteiger partial charge in [0.05, 0.1) is 0 Å². The summed E-state index contributed by atoms with van der Waals surface area (Å²) in [5.41, 5.74) is 2.38. The van der Waals surface area contributed by atoms with Crippen molar-refractivity contribution in [2.24, 2.45) is 0 Å². The van der Waals surface area contributed by atoms with Crippen LogP contribution in [0.3, 0.4) is 0 Å². The van der Waals surface area contributed by atoms with E-state index in [9.17, 15) is 4.39 Å². The van der Waals surface area contributed by atoms with Crippen molar-refractivity contribution in [3.8, 4) is 0 Å². The molecule has 0 radical (unpaired) electrons. The van der Waals surface area contributed by atoms with Crippen LogP contribution in [0.15, 0.2) is 54.6 Å². The highest BCUT2D eigenvalue weighted by Crippen LogP contribution is 2.26. The number of halogens is 1. The van der Waals surface area contributed by atoms with Crippen LogP contribution in [0, 0.1) is 5.82 Å². The molecular weight excluding hydrogens is 263 g/mol. The summed E-state index contributed by atoms with van der Waals surface area (Å²) in [5, 5.41) is 0. The number of nitrogens with zero attached hydrogens (tertiary/aromatic N) is 2. The van der Waals surface area contributed by atoms with E-state index in [4.69, 9.17) is 0 Å². The van der Waals surface area contributed by atoms with Gasteiger partial charge in [-0.2, -0.15) is 0 Å². The van der Waals surface area contributed by atoms with E-state index in [2.05, 4.69) is 41.1 Å². The average molecular weight is 284 g/mol. The van der Waals surface area contributed by atoms with Crippen LogP contribution in [0.4, 0.5) is 4.39 Å². The zero-order valence-corrected chi connectivity index (χ0v) is 12.4. The van der Waals surface area contributed by atoms with E-state index >= 15 is 0 Å². The lowest BCUT2D eigenvalue weighted by atomic mass is 10.0. The molecule has 2 aromatic carbocycles. The number of hydrogen-bond donors (Lipinski definition) is 0. The summed E-state index contributed by atoms with van der Waals surface area (Å²) in [7, 11) is 2.16. The molecule has 3 rings (SSSR count). The van der Waals surface area contributed by atoms with Crippen molar-refractivity contribution in [3.05, 3.63) is 71.5 Å². The van der Waals surface area contributed by atoms with Gasteiger partial charge in [0.1, 0.15) is 5.82 Å². The normalized spacial score (nSPS) is 20.6. The quantitative estimate of drug-likeness (QED) is 0.853. The summed E-state index contributed by atoms with van der Waals surface area (Å²) < 4.78 is 13.4. The molecule has 1 saturated heterocycles. The second-order valence-electron chi connectivity index (χ2n) is 5.79. The highest BCUT2D eigenvalue weighted by molar-refractivity contribution is 5.22.